The normalized spacial score (nSPS) is 19.0. The van der Waals surface area contributed by atoms with Crippen molar-refractivity contribution >= 4 is 45.7 Å². The van der Waals surface area contributed by atoms with Crippen LogP contribution in [0.4, 0.5) is 22.7 Å². The number of hydrogen-bond acceptors (Lipinski definition) is 8. The summed E-state index contributed by atoms with van der Waals surface area (Å²) in [5.41, 5.74) is 6.67. The first kappa shape index (κ1) is 32.2. The van der Waals surface area contributed by atoms with E-state index in [0.717, 1.165) is 12.8 Å². The molecular formula is C40H38N4O4. The van der Waals surface area contributed by atoms with Crippen LogP contribution in [0.15, 0.2) is 130 Å². The van der Waals surface area contributed by atoms with E-state index in [1.807, 2.05) is 100 Å². The van der Waals surface area contributed by atoms with Gasteiger partial charge in [0.05, 0.1) is 58.5 Å². The van der Waals surface area contributed by atoms with Crippen LogP contribution in [-0.2, 0) is 0 Å². The fourth-order valence-electron chi connectivity index (χ4n) is 5.89. The molecule has 2 N–H and O–H groups in total. The van der Waals surface area contributed by atoms with Crippen molar-refractivity contribution in [2.45, 2.75) is 40.5 Å². The van der Waals surface area contributed by atoms with E-state index in [1.54, 1.807) is 24.3 Å². The molecule has 6 bridgehead atoms. The fourth-order valence-corrected chi connectivity index (χ4v) is 5.89. The summed E-state index contributed by atoms with van der Waals surface area (Å²) in [6.07, 6.45) is 1.51. The van der Waals surface area contributed by atoms with Gasteiger partial charge in [-0.15, -0.1) is 0 Å². The number of aliphatic imine (C=N–C) groups is 2. The summed E-state index contributed by atoms with van der Waals surface area (Å²) in [5.74, 6) is 0.836. The minimum atomic E-state index is -0.193. The van der Waals surface area contributed by atoms with Crippen molar-refractivity contribution in [2.24, 2.45) is 9.98 Å². The topological polar surface area (TPSA) is 101 Å². The highest BCUT2D eigenvalue weighted by molar-refractivity contribution is 6.29. The molecule has 0 unspecified atom stereocenters. The molecule has 4 aromatic carbocycles. The van der Waals surface area contributed by atoms with E-state index in [1.165, 1.54) is 0 Å². The standard InChI is InChI=1S/C40H38N4O4/c1-25-37-26(2)42-35-19-7-8-20-36(35)44-28(4)38(27(3)43-34-18-6-5-17-33(34)41-25)40(46)30-14-12-16-32(24-30)48-22-10-9-21-47-31-15-11-13-29(23-31)39(37)45/h5-8,11-20,23-24,41,44H,9-10,21-22H2,1-4H3/b37-25+,38-28+,42-26?,43-27?. The number of para-hydroxylation sites is 4. The Morgan fingerprint density at radius 3 is 1.40 bits per heavy atom. The van der Waals surface area contributed by atoms with Crippen molar-refractivity contribution in [3.63, 3.8) is 0 Å². The van der Waals surface area contributed by atoms with E-state index in [9.17, 15) is 9.59 Å². The summed E-state index contributed by atoms with van der Waals surface area (Å²) < 4.78 is 12.1. The first-order valence-corrected chi connectivity index (χ1v) is 16.1. The number of Topliss-reactive ketones (excluding diaryl/α,β-unsaturated/α-hetero) is 2. The maximum absolute atomic E-state index is 14.4. The van der Waals surface area contributed by atoms with Gasteiger partial charge in [0.1, 0.15) is 11.5 Å². The van der Waals surface area contributed by atoms with Crippen molar-refractivity contribution in [1.29, 1.82) is 0 Å². The van der Waals surface area contributed by atoms with Gasteiger partial charge in [-0.3, -0.25) is 19.6 Å². The zero-order valence-electron chi connectivity index (χ0n) is 27.6. The number of carbonyl (C=O) groups excluding carboxylic acids is 2. The van der Waals surface area contributed by atoms with Crippen molar-refractivity contribution in [3.8, 4) is 11.5 Å². The molecule has 0 atom stereocenters. The Hall–Kier alpha value is -5.76. The Balaban J connectivity index is 1.61. The highest BCUT2D eigenvalue weighted by Gasteiger charge is 2.23. The van der Waals surface area contributed by atoms with Crippen LogP contribution in [0.2, 0.25) is 0 Å². The Bertz CT molecular complexity index is 1880. The van der Waals surface area contributed by atoms with Gasteiger partial charge < -0.3 is 20.1 Å². The molecule has 0 aliphatic carbocycles. The van der Waals surface area contributed by atoms with Crippen LogP contribution in [0.3, 0.4) is 0 Å². The molecule has 48 heavy (non-hydrogen) atoms. The largest absolute Gasteiger partial charge is 0.494 e. The van der Waals surface area contributed by atoms with Gasteiger partial charge in [-0.2, -0.15) is 0 Å². The molecular weight excluding hydrogens is 600 g/mol. The number of benzene rings is 4. The molecule has 8 nitrogen and oxygen atoms in total. The number of anilines is 2. The monoisotopic (exact) mass is 638 g/mol. The lowest BCUT2D eigenvalue weighted by atomic mass is 9.97. The third-order valence-corrected chi connectivity index (χ3v) is 8.23. The van der Waals surface area contributed by atoms with Crippen molar-refractivity contribution in [1.82, 2.24) is 0 Å². The van der Waals surface area contributed by atoms with Crippen LogP contribution in [0.5, 0.6) is 11.5 Å². The molecule has 0 saturated heterocycles. The summed E-state index contributed by atoms with van der Waals surface area (Å²) in [6.45, 7) is 8.33. The zero-order valence-corrected chi connectivity index (χ0v) is 27.6. The molecule has 3 aliphatic rings. The minimum Gasteiger partial charge on any atom is -0.494 e. The number of carbonyl (C=O) groups is 2. The predicted molar refractivity (Wildman–Crippen MR) is 193 cm³/mol. The summed E-state index contributed by atoms with van der Waals surface area (Å²) in [6, 6.07) is 29.6. The highest BCUT2D eigenvalue weighted by Crippen LogP contribution is 2.33. The highest BCUT2D eigenvalue weighted by atomic mass is 16.5. The molecule has 0 fully saturated rings. The van der Waals surface area contributed by atoms with E-state index >= 15 is 0 Å². The number of nitrogens with one attached hydrogen (secondary N) is 2. The molecule has 0 spiro atoms. The van der Waals surface area contributed by atoms with Gasteiger partial charge in [0.25, 0.3) is 0 Å². The van der Waals surface area contributed by atoms with Gasteiger partial charge in [-0.1, -0.05) is 48.5 Å². The third kappa shape index (κ3) is 7.13. The van der Waals surface area contributed by atoms with E-state index in [4.69, 9.17) is 19.5 Å². The second-order valence-electron chi connectivity index (χ2n) is 11.8. The van der Waals surface area contributed by atoms with Gasteiger partial charge >= 0.3 is 0 Å². The van der Waals surface area contributed by atoms with Crippen LogP contribution in [0.25, 0.3) is 0 Å². The number of fused-ring (bicyclic) bond motifs is 7. The van der Waals surface area contributed by atoms with Crippen LogP contribution >= 0.6 is 0 Å². The molecule has 0 saturated carbocycles. The summed E-state index contributed by atoms with van der Waals surface area (Å²) in [5, 5.41) is 6.91. The maximum atomic E-state index is 14.4. The number of hydrogen-bond donors (Lipinski definition) is 2. The van der Waals surface area contributed by atoms with Crippen LogP contribution in [-0.4, -0.2) is 36.2 Å². The van der Waals surface area contributed by atoms with Gasteiger partial charge in [0.15, 0.2) is 11.6 Å². The van der Waals surface area contributed by atoms with Gasteiger partial charge in [-0.25, -0.2) is 0 Å². The Labute approximate surface area is 280 Å². The van der Waals surface area contributed by atoms with Crippen LogP contribution in [0.1, 0.15) is 61.3 Å². The second-order valence-corrected chi connectivity index (χ2v) is 11.8. The third-order valence-electron chi connectivity index (χ3n) is 8.23. The maximum Gasteiger partial charge on any atom is 0.196 e. The average molecular weight is 639 g/mol. The second kappa shape index (κ2) is 14.3. The minimum absolute atomic E-state index is 0.193. The summed E-state index contributed by atoms with van der Waals surface area (Å²) in [7, 11) is 0. The van der Waals surface area contributed by atoms with Crippen molar-refractivity contribution in [2.75, 3.05) is 23.8 Å². The smallest absolute Gasteiger partial charge is 0.196 e. The van der Waals surface area contributed by atoms with Gasteiger partial charge in [0, 0.05) is 22.5 Å². The van der Waals surface area contributed by atoms with Gasteiger partial charge in [0.2, 0.25) is 0 Å². The average Bonchev–Trinajstić information content (AvgIpc) is 3.07. The predicted octanol–water partition coefficient (Wildman–Crippen LogP) is 9.27. The first-order valence-electron chi connectivity index (χ1n) is 16.1. The first-order chi connectivity index (χ1) is 23.3. The molecule has 0 radical (unpaired) electrons. The number of rotatable bonds is 0. The molecule has 3 heterocycles. The van der Waals surface area contributed by atoms with E-state index in [2.05, 4.69) is 10.6 Å². The Kier molecular flexibility index (Phi) is 9.62. The molecule has 4 aromatic rings. The summed E-state index contributed by atoms with van der Waals surface area (Å²) in [4.78, 5) is 38.7. The molecule has 0 amide bonds. The SMILES string of the molecule is CC1=Nc2ccccc2N/C(C)=C2/C(=O)c3cccc(c3)OCCCCOc3cccc(c3)C(=O)/C1=C(\C)Nc1ccccc1N=C2C. The molecule has 3 aliphatic heterocycles. The zero-order chi connectivity index (χ0) is 33.6. The van der Waals surface area contributed by atoms with E-state index in [-0.39, 0.29) is 11.6 Å². The molecule has 8 heteroatoms. The van der Waals surface area contributed by atoms with Crippen LogP contribution in [0, 0.1) is 0 Å². The lowest BCUT2D eigenvalue weighted by Crippen LogP contribution is -2.18. The number of ether oxygens (including phenoxy) is 2. The fraction of sp³-hybridized carbons (Fsp3) is 0.200. The molecule has 7 rings (SSSR count). The van der Waals surface area contributed by atoms with Crippen molar-refractivity contribution in [3.05, 3.63) is 131 Å². The van der Waals surface area contributed by atoms with E-state index < -0.39 is 0 Å². The molecule has 0 aromatic heterocycles. The Morgan fingerprint density at radius 2 is 0.958 bits per heavy atom. The number of allylic oxidation sites excluding steroid dienone is 4. The van der Waals surface area contributed by atoms with Crippen molar-refractivity contribution < 1.29 is 19.1 Å². The quantitative estimate of drug-likeness (QED) is 0.199. The van der Waals surface area contributed by atoms with E-state index in [0.29, 0.717) is 92.6 Å². The van der Waals surface area contributed by atoms with Crippen LogP contribution < -0.4 is 20.1 Å². The number of ketones is 2. The lowest BCUT2D eigenvalue weighted by Gasteiger charge is -2.19. The Morgan fingerprint density at radius 1 is 0.542 bits per heavy atom. The lowest BCUT2D eigenvalue weighted by molar-refractivity contribution is 0.103. The van der Waals surface area contributed by atoms with Gasteiger partial charge in [-0.05, 0) is 89.1 Å². The summed E-state index contributed by atoms with van der Waals surface area (Å²) >= 11 is 0. The molecule has 242 valence electrons. The number of nitrogens with zero attached hydrogens (tertiary/aromatic N) is 2.